The number of ether oxygens (including phenoxy) is 1. The third-order valence-corrected chi connectivity index (χ3v) is 4.33. The molecule has 0 aliphatic heterocycles. The minimum atomic E-state index is -0.943. The molecular formula is C19H23NO4. The average molecular weight is 329 g/mol. The Hall–Kier alpha value is -2.56. The van der Waals surface area contributed by atoms with E-state index >= 15 is 0 Å². The fourth-order valence-electron chi connectivity index (χ4n) is 2.53. The van der Waals surface area contributed by atoms with E-state index in [9.17, 15) is 9.59 Å². The summed E-state index contributed by atoms with van der Waals surface area (Å²) in [4.78, 5) is 23.3. The Labute approximate surface area is 141 Å². The Morgan fingerprint density at radius 1 is 1.17 bits per heavy atom. The van der Waals surface area contributed by atoms with Crippen LogP contribution < -0.4 is 10.1 Å². The fraction of sp³-hybridized carbons (Fsp3) is 0.368. The molecule has 0 radical (unpaired) electrons. The summed E-state index contributed by atoms with van der Waals surface area (Å²) in [5.74, 6) is -0.662. The van der Waals surface area contributed by atoms with Crippen molar-refractivity contribution in [1.82, 2.24) is 5.32 Å². The highest BCUT2D eigenvalue weighted by Gasteiger charge is 2.32. The number of amides is 1. The second-order valence-corrected chi connectivity index (χ2v) is 6.46. The molecule has 2 aromatic carbocycles. The average Bonchev–Trinajstić information content (AvgIpc) is 2.51. The van der Waals surface area contributed by atoms with Crippen LogP contribution in [0.1, 0.15) is 27.2 Å². The molecule has 5 heteroatoms. The van der Waals surface area contributed by atoms with E-state index in [0.29, 0.717) is 5.75 Å². The number of carbonyl (C=O) groups is 2. The zero-order valence-corrected chi connectivity index (χ0v) is 14.2. The lowest BCUT2D eigenvalue weighted by Crippen LogP contribution is -2.52. The molecule has 2 N–H and O–H groups in total. The molecule has 0 aromatic heterocycles. The number of fused-ring (bicyclic) bond motifs is 1. The summed E-state index contributed by atoms with van der Waals surface area (Å²) in [7, 11) is 0. The van der Waals surface area contributed by atoms with E-state index in [4.69, 9.17) is 9.84 Å². The standard InChI is InChI=1S/C19H23NO4/c1-13(2)19(3,11-18(22)23)20-17(21)12-24-16-10-6-8-14-7-4-5-9-15(14)16/h4-10,13H,11-12H2,1-3H3,(H,20,21)(H,22,23). The van der Waals surface area contributed by atoms with Crippen LogP contribution in [0.5, 0.6) is 5.75 Å². The van der Waals surface area contributed by atoms with Gasteiger partial charge in [0.1, 0.15) is 5.75 Å². The Balaban J connectivity index is 2.05. The Morgan fingerprint density at radius 3 is 2.50 bits per heavy atom. The van der Waals surface area contributed by atoms with Crippen LogP contribution in [0.2, 0.25) is 0 Å². The van der Waals surface area contributed by atoms with E-state index in [1.165, 1.54) is 0 Å². The third-order valence-electron chi connectivity index (χ3n) is 4.33. The predicted octanol–water partition coefficient (Wildman–Crippen LogP) is 3.22. The Kier molecular flexibility index (Phi) is 5.44. The lowest BCUT2D eigenvalue weighted by molar-refractivity contribution is -0.139. The smallest absolute Gasteiger partial charge is 0.305 e. The molecule has 2 aromatic rings. The summed E-state index contributed by atoms with van der Waals surface area (Å²) < 4.78 is 5.65. The van der Waals surface area contributed by atoms with Crippen LogP contribution >= 0.6 is 0 Å². The molecular weight excluding hydrogens is 306 g/mol. The van der Waals surface area contributed by atoms with Crippen molar-refractivity contribution in [3.63, 3.8) is 0 Å². The van der Waals surface area contributed by atoms with Crippen molar-refractivity contribution in [3.05, 3.63) is 42.5 Å². The summed E-state index contributed by atoms with van der Waals surface area (Å²) in [5.41, 5.74) is -0.814. The normalized spacial score (nSPS) is 13.5. The molecule has 0 aliphatic carbocycles. The zero-order valence-electron chi connectivity index (χ0n) is 14.2. The number of carbonyl (C=O) groups excluding carboxylic acids is 1. The maximum atomic E-state index is 12.2. The minimum absolute atomic E-state index is 0.0184. The van der Waals surface area contributed by atoms with Crippen molar-refractivity contribution in [2.45, 2.75) is 32.7 Å². The molecule has 0 aliphatic rings. The van der Waals surface area contributed by atoms with Gasteiger partial charge in [-0.1, -0.05) is 50.2 Å². The molecule has 1 unspecified atom stereocenters. The number of hydrogen-bond donors (Lipinski definition) is 2. The van der Waals surface area contributed by atoms with E-state index in [-0.39, 0.29) is 24.9 Å². The number of benzene rings is 2. The topological polar surface area (TPSA) is 75.6 Å². The van der Waals surface area contributed by atoms with Crippen molar-refractivity contribution in [1.29, 1.82) is 0 Å². The second kappa shape index (κ2) is 7.34. The molecule has 0 saturated heterocycles. The molecule has 0 spiro atoms. The highest BCUT2D eigenvalue weighted by atomic mass is 16.5. The summed E-state index contributed by atoms with van der Waals surface area (Å²) in [6.07, 6.45) is -0.134. The first kappa shape index (κ1) is 17.8. The van der Waals surface area contributed by atoms with E-state index in [2.05, 4.69) is 5.32 Å². The summed E-state index contributed by atoms with van der Waals surface area (Å²) in [6.45, 7) is 5.35. The Morgan fingerprint density at radius 2 is 1.83 bits per heavy atom. The molecule has 0 heterocycles. The second-order valence-electron chi connectivity index (χ2n) is 6.46. The lowest BCUT2D eigenvalue weighted by atomic mass is 9.85. The van der Waals surface area contributed by atoms with Gasteiger partial charge in [0.2, 0.25) is 0 Å². The molecule has 24 heavy (non-hydrogen) atoms. The fourth-order valence-corrected chi connectivity index (χ4v) is 2.53. The maximum absolute atomic E-state index is 12.2. The molecule has 1 amide bonds. The first-order valence-electron chi connectivity index (χ1n) is 7.95. The summed E-state index contributed by atoms with van der Waals surface area (Å²) in [6, 6.07) is 13.4. The van der Waals surface area contributed by atoms with Gasteiger partial charge in [-0.15, -0.1) is 0 Å². The van der Waals surface area contributed by atoms with Crippen molar-refractivity contribution < 1.29 is 19.4 Å². The van der Waals surface area contributed by atoms with E-state index in [1.54, 1.807) is 6.92 Å². The molecule has 5 nitrogen and oxygen atoms in total. The molecule has 128 valence electrons. The quantitative estimate of drug-likeness (QED) is 0.818. The van der Waals surface area contributed by atoms with Crippen molar-refractivity contribution in [2.24, 2.45) is 5.92 Å². The van der Waals surface area contributed by atoms with Crippen LogP contribution in [0.4, 0.5) is 0 Å². The van der Waals surface area contributed by atoms with Crippen LogP contribution in [0, 0.1) is 5.92 Å². The highest BCUT2D eigenvalue weighted by molar-refractivity contribution is 5.88. The molecule has 2 rings (SSSR count). The monoisotopic (exact) mass is 329 g/mol. The van der Waals surface area contributed by atoms with Gasteiger partial charge in [-0.25, -0.2) is 0 Å². The van der Waals surface area contributed by atoms with E-state index < -0.39 is 11.5 Å². The summed E-state index contributed by atoms with van der Waals surface area (Å²) >= 11 is 0. The molecule has 0 saturated carbocycles. The third kappa shape index (κ3) is 4.25. The van der Waals surface area contributed by atoms with Crippen LogP contribution in [-0.2, 0) is 9.59 Å². The van der Waals surface area contributed by atoms with Crippen LogP contribution in [0.25, 0.3) is 10.8 Å². The highest BCUT2D eigenvalue weighted by Crippen LogP contribution is 2.25. The predicted molar refractivity (Wildman–Crippen MR) is 93.1 cm³/mol. The number of aliphatic carboxylic acids is 1. The molecule has 1 atom stereocenters. The van der Waals surface area contributed by atoms with Crippen molar-refractivity contribution in [2.75, 3.05) is 6.61 Å². The van der Waals surface area contributed by atoms with Gasteiger partial charge in [-0.05, 0) is 24.3 Å². The van der Waals surface area contributed by atoms with E-state index in [1.807, 2.05) is 56.3 Å². The number of rotatable bonds is 7. The van der Waals surface area contributed by atoms with Gasteiger partial charge in [0, 0.05) is 5.39 Å². The van der Waals surface area contributed by atoms with Gasteiger partial charge in [0.25, 0.3) is 5.91 Å². The van der Waals surface area contributed by atoms with Crippen LogP contribution in [-0.4, -0.2) is 29.1 Å². The molecule has 0 bridgehead atoms. The largest absolute Gasteiger partial charge is 0.483 e. The first-order valence-corrected chi connectivity index (χ1v) is 7.95. The number of hydrogen-bond acceptors (Lipinski definition) is 3. The van der Waals surface area contributed by atoms with E-state index in [0.717, 1.165) is 10.8 Å². The lowest BCUT2D eigenvalue weighted by Gasteiger charge is -2.33. The Bertz CT molecular complexity index is 736. The van der Waals surface area contributed by atoms with Crippen molar-refractivity contribution >= 4 is 22.6 Å². The van der Waals surface area contributed by atoms with Gasteiger partial charge < -0.3 is 15.2 Å². The van der Waals surface area contributed by atoms with Crippen molar-refractivity contribution in [3.8, 4) is 5.75 Å². The van der Waals surface area contributed by atoms with Gasteiger partial charge in [-0.3, -0.25) is 9.59 Å². The first-order chi connectivity index (χ1) is 11.3. The maximum Gasteiger partial charge on any atom is 0.305 e. The van der Waals surface area contributed by atoms with Crippen LogP contribution in [0.15, 0.2) is 42.5 Å². The van der Waals surface area contributed by atoms with Gasteiger partial charge >= 0.3 is 5.97 Å². The molecule has 0 fully saturated rings. The van der Waals surface area contributed by atoms with Gasteiger partial charge in [0.15, 0.2) is 6.61 Å². The number of carboxylic acids is 1. The minimum Gasteiger partial charge on any atom is -0.483 e. The van der Waals surface area contributed by atoms with Gasteiger partial charge in [-0.2, -0.15) is 0 Å². The summed E-state index contributed by atoms with van der Waals surface area (Å²) in [5, 5.41) is 13.8. The van der Waals surface area contributed by atoms with Crippen LogP contribution in [0.3, 0.4) is 0 Å². The SMILES string of the molecule is CC(C)C(C)(CC(=O)O)NC(=O)COc1cccc2ccccc12. The number of nitrogens with one attached hydrogen (secondary N) is 1. The number of carboxylic acid groups (broad SMARTS) is 1. The van der Waals surface area contributed by atoms with Gasteiger partial charge in [0.05, 0.1) is 12.0 Å². The zero-order chi connectivity index (χ0) is 17.7.